The quantitative estimate of drug-likeness (QED) is 0.745. The zero-order valence-electron chi connectivity index (χ0n) is 13.4. The highest BCUT2D eigenvalue weighted by Gasteiger charge is 2.19. The molecule has 1 aliphatic rings. The number of rotatable bonds is 8. The summed E-state index contributed by atoms with van der Waals surface area (Å²) in [6.45, 7) is 2.94. The zero-order valence-corrected chi connectivity index (χ0v) is 14.3. The van der Waals surface area contributed by atoms with Gasteiger partial charge < -0.3 is 10.1 Å². The number of thioether (sulfide) groups is 1. The molecule has 0 aliphatic heterocycles. The molecule has 1 unspecified atom stereocenters. The van der Waals surface area contributed by atoms with Gasteiger partial charge in [0.25, 0.3) is 0 Å². The summed E-state index contributed by atoms with van der Waals surface area (Å²) in [6, 6.07) is 8.86. The number of ether oxygens (including phenoxy) is 1. The maximum Gasteiger partial charge on any atom is 0.124 e. The van der Waals surface area contributed by atoms with E-state index in [9.17, 15) is 0 Å². The van der Waals surface area contributed by atoms with Crippen molar-refractivity contribution in [2.45, 2.75) is 56.7 Å². The number of benzene rings is 1. The molecule has 1 atom stereocenters. The molecule has 1 aromatic carbocycles. The predicted octanol–water partition coefficient (Wildman–Crippen LogP) is 4.80. The molecule has 0 saturated heterocycles. The van der Waals surface area contributed by atoms with E-state index in [0.29, 0.717) is 6.04 Å². The van der Waals surface area contributed by atoms with Gasteiger partial charge in [0.1, 0.15) is 5.75 Å². The van der Waals surface area contributed by atoms with Gasteiger partial charge in [-0.2, -0.15) is 11.8 Å². The van der Waals surface area contributed by atoms with E-state index in [4.69, 9.17) is 4.74 Å². The van der Waals surface area contributed by atoms with E-state index in [1.165, 1.54) is 37.7 Å². The van der Waals surface area contributed by atoms with Gasteiger partial charge in [0, 0.05) is 22.6 Å². The van der Waals surface area contributed by atoms with Crippen LogP contribution in [0.3, 0.4) is 0 Å². The van der Waals surface area contributed by atoms with E-state index < -0.39 is 0 Å². The molecule has 0 bridgehead atoms. The molecule has 1 N–H and O–H groups in total. The van der Waals surface area contributed by atoms with E-state index in [1.807, 2.05) is 0 Å². The highest BCUT2D eigenvalue weighted by Crippen LogP contribution is 2.33. The summed E-state index contributed by atoms with van der Waals surface area (Å²) in [6.07, 6.45) is 8.11. The van der Waals surface area contributed by atoms with Crippen LogP contribution in [0.15, 0.2) is 24.3 Å². The molecule has 118 valence electrons. The summed E-state index contributed by atoms with van der Waals surface area (Å²) in [5.74, 6) is 2.18. The van der Waals surface area contributed by atoms with Gasteiger partial charge in [-0.3, -0.25) is 0 Å². The Kier molecular flexibility index (Phi) is 7.45. The fourth-order valence-electron chi connectivity index (χ4n) is 2.90. The Bertz CT molecular complexity index is 404. The average Bonchev–Trinajstić information content (AvgIpc) is 2.55. The van der Waals surface area contributed by atoms with Crippen molar-refractivity contribution >= 4 is 11.8 Å². The number of hydrogen-bond donors (Lipinski definition) is 1. The molecule has 0 spiro atoms. The Labute approximate surface area is 134 Å². The SMILES string of the molecule is CCCOc1ccccc1C(CSC1CCCCC1)NC. The van der Waals surface area contributed by atoms with E-state index in [0.717, 1.165) is 29.8 Å². The number of hydrogen-bond acceptors (Lipinski definition) is 3. The largest absolute Gasteiger partial charge is 0.493 e. The van der Waals surface area contributed by atoms with Gasteiger partial charge in [0.15, 0.2) is 0 Å². The second-order valence-corrected chi connectivity index (χ2v) is 7.15. The minimum absolute atomic E-state index is 0.380. The first kappa shape index (κ1) is 16.7. The van der Waals surface area contributed by atoms with Crippen molar-refractivity contribution in [2.75, 3.05) is 19.4 Å². The summed E-state index contributed by atoms with van der Waals surface area (Å²) in [4.78, 5) is 0. The third-order valence-corrected chi connectivity index (χ3v) is 5.62. The molecule has 21 heavy (non-hydrogen) atoms. The summed E-state index contributed by atoms with van der Waals surface area (Å²) < 4.78 is 5.91. The van der Waals surface area contributed by atoms with Crippen molar-refractivity contribution in [1.82, 2.24) is 5.32 Å². The second-order valence-electron chi connectivity index (χ2n) is 5.82. The summed E-state index contributed by atoms with van der Waals surface area (Å²) in [5.41, 5.74) is 1.30. The van der Waals surface area contributed by atoms with Gasteiger partial charge in [-0.15, -0.1) is 0 Å². The normalized spacial score (nSPS) is 17.6. The van der Waals surface area contributed by atoms with Gasteiger partial charge in [-0.05, 0) is 32.4 Å². The topological polar surface area (TPSA) is 21.3 Å². The Morgan fingerprint density at radius 2 is 2.00 bits per heavy atom. The molecule has 0 amide bonds. The highest BCUT2D eigenvalue weighted by atomic mass is 32.2. The van der Waals surface area contributed by atoms with Crippen molar-refractivity contribution in [1.29, 1.82) is 0 Å². The van der Waals surface area contributed by atoms with Crippen LogP contribution >= 0.6 is 11.8 Å². The minimum Gasteiger partial charge on any atom is -0.493 e. The van der Waals surface area contributed by atoms with Crippen molar-refractivity contribution in [3.05, 3.63) is 29.8 Å². The molecule has 3 heteroatoms. The van der Waals surface area contributed by atoms with Crippen LogP contribution in [0, 0.1) is 0 Å². The summed E-state index contributed by atoms with van der Waals surface area (Å²) >= 11 is 2.14. The first-order chi connectivity index (χ1) is 10.3. The zero-order chi connectivity index (χ0) is 14.9. The van der Waals surface area contributed by atoms with E-state index in [1.54, 1.807) is 0 Å². The van der Waals surface area contributed by atoms with Crippen LogP contribution in [-0.2, 0) is 0 Å². The van der Waals surface area contributed by atoms with Crippen LogP contribution in [0.2, 0.25) is 0 Å². The van der Waals surface area contributed by atoms with Gasteiger partial charge in [0.05, 0.1) is 6.61 Å². The van der Waals surface area contributed by atoms with Crippen molar-refractivity contribution in [2.24, 2.45) is 0 Å². The fourth-order valence-corrected chi connectivity index (χ4v) is 4.38. The lowest BCUT2D eigenvalue weighted by molar-refractivity contribution is 0.311. The Morgan fingerprint density at radius 3 is 2.71 bits per heavy atom. The maximum absolute atomic E-state index is 5.91. The van der Waals surface area contributed by atoms with Crippen LogP contribution in [0.5, 0.6) is 5.75 Å². The molecule has 2 nitrogen and oxygen atoms in total. The average molecular weight is 308 g/mol. The molecule has 0 heterocycles. The van der Waals surface area contributed by atoms with Gasteiger partial charge in [-0.1, -0.05) is 44.4 Å². The van der Waals surface area contributed by atoms with Crippen LogP contribution in [-0.4, -0.2) is 24.7 Å². The standard InChI is InChI=1S/C18H29NOS/c1-3-13-20-18-12-8-7-11-16(18)17(19-2)14-21-15-9-5-4-6-10-15/h7-8,11-12,15,17,19H,3-6,9-10,13-14H2,1-2H3. The Balaban J connectivity index is 1.95. The number of para-hydroxylation sites is 1. The lowest BCUT2D eigenvalue weighted by Crippen LogP contribution is -2.21. The molecule has 0 aromatic heterocycles. The molecular formula is C18H29NOS. The monoisotopic (exact) mass is 307 g/mol. The first-order valence-corrected chi connectivity index (χ1v) is 9.40. The fraction of sp³-hybridized carbons (Fsp3) is 0.667. The second kappa shape index (κ2) is 9.37. The maximum atomic E-state index is 5.91. The Hall–Kier alpha value is -0.670. The molecule has 1 fully saturated rings. The summed E-state index contributed by atoms with van der Waals surface area (Å²) in [7, 11) is 2.06. The smallest absolute Gasteiger partial charge is 0.124 e. The van der Waals surface area contributed by atoms with Gasteiger partial charge in [-0.25, -0.2) is 0 Å². The third kappa shape index (κ3) is 5.23. The third-order valence-electron chi connectivity index (χ3n) is 4.16. The first-order valence-electron chi connectivity index (χ1n) is 8.35. The van der Waals surface area contributed by atoms with E-state index in [2.05, 4.69) is 55.3 Å². The molecule has 1 saturated carbocycles. The molecule has 0 radical (unpaired) electrons. The minimum atomic E-state index is 0.380. The highest BCUT2D eigenvalue weighted by molar-refractivity contribution is 7.99. The van der Waals surface area contributed by atoms with Gasteiger partial charge in [0.2, 0.25) is 0 Å². The lowest BCUT2D eigenvalue weighted by atomic mass is 10.0. The van der Waals surface area contributed by atoms with Crippen LogP contribution in [0.1, 0.15) is 57.1 Å². The molecule has 1 aromatic rings. The van der Waals surface area contributed by atoms with Crippen molar-refractivity contribution in [3.63, 3.8) is 0 Å². The molecular weight excluding hydrogens is 278 g/mol. The van der Waals surface area contributed by atoms with E-state index in [-0.39, 0.29) is 0 Å². The van der Waals surface area contributed by atoms with Crippen molar-refractivity contribution in [3.8, 4) is 5.75 Å². The molecule has 2 rings (SSSR count). The van der Waals surface area contributed by atoms with E-state index >= 15 is 0 Å². The number of nitrogens with one attached hydrogen (secondary N) is 1. The van der Waals surface area contributed by atoms with Gasteiger partial charge >= 0.3 is 0 Å². The lowest BCUT2D eigenvalue weighted by Gasteiger charge is -2.25. The van der Waals surface area contributed by atoms with Crippen LogP contribution < -0.4 is 10.1 Å². The molecule has 1 aliphatic carbocycles. The van der Waals surface area contributed by atoms with Crippen LogP contribution in [0.25, 0.3) is 0 Å². The predicted molar refractivity (Wildman–Crippen MR) is 93.4 cm³/mol. The van der Waals surface area contributed by atoms with Crippen molar-refractivity contribution < 1.29 is 4.74 Å². The Morgan fingerprint density at radius 1 is 1.24 bits per heavy atom. The summed E-state index contributed by atoms with van der Waals surface area (Å²) in [5, 5.41) is 4.33. The van der Waals surface area contributed by atoms with Crippen LogP contribution in [0.4, 0.5) is 0 Å².